The Kier molecular flexibility index (Phi) is 6.73. The van der Waals surface area contributed by atoms with E-state index in [2.05, 4.69) is 31.0 Å². The average molecular weight is 400 g/mol. The molecular weight excluding hydrogens is 380 g/mol. The molecule has 2 amide bonds. The Morgan fingerprint density at radius 2 is 0.933 bits per heavy atom. The lowest BCUT2D eigenvalue weighted by Crippen LogP contribution is -2.19. The van der Waals surface area contributed by atoms with Gasteiger partial charge in [-0.2, -0.15) is 10.2 Å². The van der Waals surface area contributed by atoms with E-state index >= 15 is 0 Å². The van der Waals surface area contributed by atoms with E-state index in [1.165, 1.54) is 0 Å². The van der Waals surface area contributed by atoms with Crippen LogP contribution in [0.5, 0.6) is 0 Å². The van der Waals surface area contributed by atoms with Crippen molar-refractivity contribution in [3.63, 3.8) is 0 Å². The predicted octanol–water partition coefficient (Wildman–Crippen LogP) is 2.78. The number of carbonyl (C=O) groups is 2. The molecule has 8 nitrogen and oxygen atoms in total. The maximum absolute atomic E-state index is 12.1. The summed E-state index contributed by atoms with van der Waals surface area (Å²) in [5, 5.41) is 8.29. The molecule has 0 saturated carbocycles. The largest absolute Gasteiger partial charge is 0.271 e. The number of hydrogen-bond donors (Lipinski definition) is 2. The lowest BCUT2D eigenvalue weighted by Gasteiger charge is -2.06. The molecule has 3 rings (SSSR count). The topological polar surface area (TPSA) is 109 Å². The first-order valence-electron chi connectivity index (χ1n) is 9.14. The number of amides is 2. The van der Waals surface area contributed by atoms with Crippen LogP contribution in [0.2, 0.25) is 0 Å². The predicted molar refractivity (Wildman–Crippen MR) is 114 cm³/mol. The molecule has 150 valence electrons. The van der Waals surface area contributed by atoms with E-state index in [0.29, 0.717) is 22.6 Å². The van der Waals surface area contributed by atoms with Gasteiger partial charge in [0.25, 0.3) is 11.8 Å². The Bertz CT molecular complexity index is 989. The third kappa shape index (κ3) is 5.41. The molecule has 0 spiro atoms. The number of aromatic nitrogens is 2. The summed E-state index contributed by atoms with van der Waals surface area (Å²) in [5.41, 5.74) is 9.04. The van der Waals surface area contributed by atoms with Gasteiger partial charge in [0.1, 0.15) is 0 Å². The quantitative estimate of drug-likeness (QED) is 0.490. The van der Waals surface area contributed by atoms with Gasteiger partial charge in [-0.05, 0) is 49.2 Å². The summed E-state index contributed by atoms with van der Waals surface area (Å²) in [5.74, 6) is -0.609. The molecule has 0 unspecified atom stereocenters. The van der Waals surface area contributed by atoms with Gasteiger partial charge in [0.05, 0.1) is 11.4 Å². The number of nitrogens with zero attached hydrogens (tertiary/aromatic N) is 4. The maximum Gasteiger partial charge on any atom is 0.271 e. The molecule has 0 saturated heterocycles. The van der Waals surface area contributed by atoms with Gasteiger partial charge in [-0.15, -0.1) is 0 Å². The molecule has 30 heavy (non-hydrogen) atoms. The zero-order valence-electron chi connectivity index (χ0n) is 16.5. The van der Waals surface area contributed by atoms with Gasteiger partial charge < -0.3 is 0 Å². The molecule has 0 aliphatic carbocycles. The monoisotopic (exact) mass is 400 g/mol. The highest BCUT2D eigenvalue weighted by atomic mass is 16.2. The van der Waals surface area contributed by atoms with Crippen LogP contribution in [-0.2, 0) is 0 Å². The zero-order valence-corrected chi connectivity index (χ0v) is 16.5. The average Bonchev–Trinajstić information content (AvgIpc) is 2.81. The van der Waals surface area contributed by atoms with Crippen LogP contribution in [0.25, 0.3) is 0 Å². The highest BCUT2D eigenvalue weighted by Crippen LogP contribution is 2.07. The number of pyridine rings is 2. The zero-order chi connectivity index (χ0) is 21.3. The van der Waals surface area contributed by atoms with E-state index in [1.807, 2.05) is 24.3 Å². The lowest BCUT2D eigenvalue weighted by atomic mass is 10.1. The second-order valence-corrected chi connectivity index (χ2v) is 6.33. The van der Waals surface area contributed by atoms with E-state index in [0.717, 1.165) is 11.1 Å². The first kappa shape index (κ1) is 20.5. The Morgan fingerprint density at radius 3 is 1.27 bits per heavy atom. The molecule has 0 atom stereocenters. The highest BCUT2D eigenvalue weighted by Gasteiger charge is 2.06. The number of benzene rings is 1. The van der Waals surface area contributed by atoms with Crippen molar-refractivity contribution in [2.75, 3.05) is 0 Å². The minimum atomic E-state index is -0.304. The Hall–Kier alpha value is -4.20. The van der Waals surface area contributed by atoms with Crippen molar-refractivity contribution < 1.29 is 9.59 Å². The highest BCUT2D eigenvalue weighted by molar-refractivity contribution is 6.03. The molecule has 0 fully saturated rings. The number of rotatable bonds is 6. The smallest absolute Gasteiger partial charge is 0.267 e. The van der Waals surface area contributed by atoms with Crippen molar-refractivity contribution in [2.24, 2.45) is 10.2 Å². The molecule has 3 aromatic rings. The Morgan fingerprint density at radius 1 is 0.600 bits per heavy atom. The first-order chi connectivity index (χ1) is 14.5. The van der Waals surface area contributed by atoms with Crippen molar-refractivity contribution in [1.82, 2.24) is 20.8 Å². The molecule has 2 aromatic heterocycles. The summed E-state index contributed by atoms with van der Waals surface area (Å²) in [6.45, 7) is 3.61. The Balaban J connectivity index is 1.62. The SMILES string of the molecule is CC(=NNC(=O)c1ccncc1)c1ccc(C(C)=NNC(=O)c2ccncc2)cc1. The third-order valence-electron chi connectivity index (χ3n) is 4.26. The lowest BCUT2D eigenvalue weighted by molar-refractivity contribution is 0.0946. The summed E-state index contributed by atoms with van der Waals surface area (Å²) in [6, 6.07) is 13.9. The molecule has 2 N–H and O–H groups in total. The Labute approximate surface area is 173 Å². The molecule has 0 radical (unpaired) electrons. The summed E-state index contributed by atoms with van der Waals surface area (Å²) < 4.78 is 0. The fourth-order valence-electron chi connectivity index (χ4n) is 2.49. The number of hydrogen-bond acceptors (Lipinski definition) is 6. The van der Waals surface area contributed by atoms with Crippen LogP contribution in [0, 0.1) is 0 Å². The fraction of sp³-hybridized carbons (Fsp3) is 0.0909. The summed E-state index contributed by atoms with van der Waals surface area (Å²) in [6.07, 6.45) is 6.20. The van der Waals surface area contributed by atoms with Crippen LogP contribution in [0.3, 0.4) is 0 Å². The molecule has 0 aliphatic rings. The fourth-order valence-corrected chi connectivity index (χ4v) is 2.49. The number of hydrazone groups is 2. The molecule has 0 aliphatic heterocycles. The normalized spacial score (nSPS) is 11.7. The maximum atomic E-state index is 12.1. The van der Waals surface area contributed by atoms with Crippen molar-refractivity contribution in [3.8, 4) is 0 Å². The van der Waals surface area contributed by atoms with Crippen LogP contribution in [0.4, 0.5) is 0 Å². The summed E-state index contributed by atoms with van der Waals surface area (Å²) >= 11 is 0. The molecular formula is C22H20N6O2. The first-order valence-corrected chi connectivity index (χ1v) is 9.14. The van der Waals surface area contributed by atoms with Crippen LogP contribution < -0.4 is 10.9 Å². The van der Waals surface area contributed by atoms with Crippen molar-refractivity contribution in [1.29, 1.82) is 0 Å². The molecule has 8 heteroatoms. The minimum Gasteiger partial charge on any atom is -0.267 e. The third-order valence-corrected chi connectivity index (χ3v) is 4.26. The molecule has 2 heterocycles. The summed E-state index contributed by atoms with van der Waals surface area (Å²) in [7, 11) is 0. The van der Waals surface area contributed by atoms with Crippen molar-refractivity contribution >= 4 is 23.2 Å². The van der Waals surface area contributed by atoms with Crippen molar-refractivity contribution in [2.45, 2.75) is 13.8 Å². The standard InChI is InChI=1S/C22H20N6O2/c1-15(25-27-21(29)19-7-11-23-12-8-19)17-3-5-18(6-4-17)16(2)26-28-22(30)20-9-13-24-14-10-20/h3-14H,1-2H3,(H,27,29)(H,28,30). The van der Waals surface area contributed by atoms with Crippen LogP contribution in [0.1, 0.15) is 45.7 Å². The van der Waals surface area contributed by atoms with Crippen molar-refractivity contribution in [3.05, 3.63) is 95.6 Å². The van der Waals surface area contributed by atoms with Gasteiger partial charge in [0.2, 0.25) is 0 Å². The molecule has 0 bridgehead atoms. The van der Waals surface area contributed by atoms with Gasteiger partial charge >= 0.3 is 0 Å². The van der Waals surface area contributed by atoms with Gasteiger partial charge in [0.15, 0.2) is 0 Å². The van der Waals surface area contributed by atoms with Gasteiger partial charge in [0, 0.05) is 35.9 Å². The van der Waals surface area contributed by atoms with Gasteiger partial charge in [-0.1, -0.05) is 24.3 Å². The van der Waals surface area contributed by atoms with E-state index in [9.17, 15) is 9.59 Å². The van der Waals surface area contributed by atoms with Crippen LogP contribution >= 0.6 is 0 Å². The van der Waals surface area contributed by atoms with E-state index < -0.39 is 0 Å². The second kappa shape index (κ2) is 9.83. The van der Waals surface area contributed by atoms with Gasteiger partial charge in [-0.25, -0.2) is 10.9 Å². The second-order valence-electron chi connectivity index (χ2n) is 6.33. The number of nitrogens with one attached hydrogen (secondary N) is 2. The number of carbonyl (C=O) groups excluding carboxylic acids is 2. The summed E-state index contributed by atoms with van der Waals surface area (Å²) in [4.78, 5) is 31.9. The van der Waals surface area contributed by atoms with E-state index in [-0.39, 0.29) is 11.8 Å². The minimum absolute atomic E-state index is 0.304. The van der Waals surface area contributed by atoms with E-state index in [1.54, 1.807) is 62.9 Å². The van der Waals surface area contributed by atoms with Crippen LogP contribution in [-0.4, -0.2) is 33.2 Å². The van der Waals surface area contributed by atoms with E-state index in [4.69, 9.17) is 0 Å². The van der Waals surface area contributed by atoms with Crippen LogP contribution in [0.15, 0.2) is 83.5 Å². The van der Waals surface area contributed by atoms with Gasteiger partial charge in [-0.3, -0.25) is 19.6 Å². The molecule has 1 aromatic carbocycles.